The lowest BCUT2D eigenvalue weighted by atomic mass is 9.93. The van der Waals surface area contributed by atoms with Crippen LogP contribution in [0.25, 0.3) is 0 Å². The highest BCUT2D eigenvalue weighted by atomic mass is 32.2. The minimum atomic E-state index is -3.92. The molecule has 13 heteroatoms. The van der Waals surface area contributed by atoms with E-state index in [1.54, 1.807) is 31.0 Å². The lowest BCUT2D eigenvalue weighted by molar-refractivity contribution is -0.140. The minimum absolute atomic E-state index is 0.0931. The second kappa shape index (κ2) is 12.1. The zero-order chi connectivity index (χ0) is 31.9. The summed E-state index contributed by atoms with van der Waals surface area (Å²) in [5.74, 6) is -3.51. The molecule has 0 aromatic heterocycles. The summed E-state index contributed by atoms with van der Waals surface area (Å²) in [4.78, 5) is 57.3. The predicted molar refractivity (Wildman–Crippen MR) is 165 cm³/mol. The average Bonchev–Trinajstić information content (AvgIpc) is 3.84. The highest BCUT2D eigenvalue weighted by Crippen LogP contribution is 2.48. The molecule has 44 heavy (non-hydrogen) atoms. The Morgan fingerprint density at radius 2 is 1.84 bits per heavy atom. The first-order valence-electron chi connectivity index (χ1n) is 15.3. The van der Waals surface area contributed by atoms with Crippen LogP contribution in [0, 0.1) is 17.8 Å². The van der Waals surface area contributed by atoms with Gasteiger partial charge in [-0.25, -0.2) is 13.2 Å². The van der Waals surface area contributed by atoms with E-state index in [1.807, 2.05) is 43.3 Å². The molecule has 1 aliphatic heterocycles. The Balaban J connectivity index is 1.34. The van der Waals surface area contributed by atoms with E-state index in [9.17, 15) is 27.6 Å². The van der Waals surface area contributed by atoms with E-state index in [0.717, 1.165) is 24.9 Å². The standard InChI is InChI=1S/C31H43N5O7S/c1-30(13-14-30)44(41,42)34-28(39)31-19-20(31)10-7-5-6-8-15-36(4)27(38)25-18-23(17-24(25)26(37)33-31)43-29(40)32-21-11-9-12-22(16-21)35(2)3/h7,9-12,16,20,23-25H,5-6,8,13-15,17-19H2,1-4H3,(H,32,40)(H,33,37)(H,34,39)/b10-7-/t20-,23-,24-,25-,31-/m1/s1. The number of amides is 4. The SMILES string of the molecule is CN1CCCC/C=C\[C@@H]2C[C@@]2(C(=O)NS(=O)(=O)C2(C)CC2)NC(=O)[C@@H]2C[C@@H](OC(=O)Nc3cccc(N(C)C)c3)C[C@H]2C1=O. The summed E-state index contributed by atoms with van der Waals surface area (Å²) >= 11 is 0. The molecule has 240 valence electrons. The molecule has 4 aliphatic rings. The quantitative estimate of drug-likeness (QED) is 0.406. The second-order valence-corrected chi connectivity index (χ2v) is 15.3. The van der Waals surface area contributed by atoms with Crippen molar-refractivity contribution in [2.75, 3.05) is 37.9 Å². The summed E-state index contributed by atoms with van der Waals surface area (Å²) < 4.78 is 32.7. The molecular weight excluding hydrogens is 586 g/mol. The van der Waals surface area contributed by atoms with E-state index in [2.05, 4.69) is 15.4 Å². The molecule has 4 amide bonds. The van der Waals surface area contributed by atoms with Crippen LogP contribution in [-0.2, 0) is 29.1 Å². The van der Waals surface area contributed by atoms with Crippen molar-refractivity contribution in [2.45, 2.75) is 74.7 Å². The Morgan fingerprint density at radius 3 is 2.55 bits per heavy atom. The molecule has 1 aromatic rings. The predicted octanol–water partition coefficient (Wildman–Crippen LogP) is 2.77. The molecule has 3 aliphatic carbocycles. The van der Waals surface area contributed by atoms with E-state index < -0.39 is 56.2 Å². The molecule has 12 nitrogen and oxygen atoms in total. The topological polar surface area (TPSA) is 154 Å². The number of allylic oxidation sites excluding steroid dienone is 1. The Hall–Kier alpha value is -3.61. The van der Waals surface area contributed by atoms with Crippen LogP contribution in [0.3, 0.4) is 0 Å². The molecule has 1 aromatic carbocycles. The Labute approximate surface area is 259 Å². The van der Waals surface area contributed by atoms with Crippen LogP contribution >= 0.6 is 0 Å². The number of nitrogens with one attached hydrogen (secondary N) is 3. The number of ether oxygens (including phenoxy) is 1. The normalized spacial score (nSPS) is 30.5. The van der Waals surface area contributed by atoms with Crippen LogP contribution in [0.1, 0.15) is 58.3 Å². The lowest BCUT2D eigenvalue weighted by Gasteiger charge is -2.27. The fourth-order valence-electron chi connectivity index (χ4n) is 6.15. The van der Waals surface area contributed by atoms with Gasteiger partial charge in [-0.15, -0.1) is 0 Å². The number of hydrogen-bond donors (Lipinski definition) is 3. The van der Waals surface area contributed by atoms with Gasteiger partial charge < -0.3 is 19.9 Å². The summed E-state index contributed by atoms with van der Waals surface area (Å²) in [7, 11) is 1.56. The first kappa shape index (κ1) is 31.8. The van der Waals surface area contributed by atoms with Gasteiger partial charge in [0.1, 0.15) is 11.6 Å². The van der Waals surface area contributed by atoms with Gasteiger partial charge >= 0.3 is 6.09 Å². The van der Waals surface area contributed by atoms with Crippen molar-refractivity contribution in [2.24, 2.45) is 17.8 Å². The number of carbonyl (C=O) groups excluding carboxylic acids is 4. The van der Waals surface area contributed by atoms with Crippen LogP contribution in [0.2, 0.25) is 0 Å². The van der Waals surface area contributed by atoms with E-state index in [1.165, 1.54) is 0 Å². The number of nitrogens with zero attached hydrogens (tertiary/aromatic N) is 2. The molecule has 3 N–H and O–H groups in total. The third kappa shape index (κ3) is 6.57. The molecule has 0 bridgehead atoms. The van der Waals surface area contributed by atoms with E-state index >= 15 is 0 Å². The van der Waals surface area contributed by atoms with Gasteiger partial charge in [-0.3, -0.25) is 24.4 Å². The van der Waals surface area contributed by atoms with E-state index in [4.69, 9.17) is 4.74 Å². The van der Waals surface area contributed by atoms with Crippen LogP contribution in [0.4, 0.5) is 16.2 Å². The van der Waals surface area contributed by atoms with Gasteiger partial charge in [0, 0.05) is 45.0 Å². The zero-order valence-corrected chi connectivity index (χ0v) is 26.6. The van der Waals surface area contributed by atoms with Gasteiger partial charge in [0.05, 0.1) is 16.6 Å². The van der Waals surface area contributed by atoms with Gasteiger partial charge in [0.2, 0.25) is 21.8 Å². The van der Waals surface area contributed by atoms with Crippen molar-refractivity contribution in [3.05, 3.63) is 36.4 Å². The van der Waals surface area contributed by atoms with Crippen LogP contribution in [-0.4, -0.2) is 81.2 Å². The Morgan fingerprint density at radius 1 is 1.11 bits per heavy atom. The largest absolute Gasteiger partial charge is 0.446 e. The molecule has 5 rings (SSSR count). The molecule has 5 atom stereocenters. The minimum Gasteiger partial charge on any atom is -0.446 e. The molecule has 3 saturated carbocycles. The third-order valence-electron chi connectivity index (χ3n) is 9.51. The van der Waals surface area contributed by atoms with Crippen molar-refractivity contribution in [3.63, 3.8) is 0 Å². The summed E-state index contributed by atoms with van der Waals surface area (Å²) in [6.07, 6.45) is 6.17. The van der Waals surface area contributed by atoms with Crippen LogP contribution in [0.5, 0.6) is 0 Å². The molecule has 0 saturated heterocycles. The fraction of sp³-hybridized carbons (Fsp3) is 0.613. The fourth-order valence-corrected chi connectivity index (χ4v) is 7.46. The summed E-state index contributed by atoms with van der Waals surface area (Å²) in [6.45, 7) is 2.12. The second-order valence-electron chi connectivity index (χ2n) is 13.1. The molecule has 0 radical (unpaired) electrons. The van der Waals surface area contributed by atoms with Gasteiger partial charge in [0.25, 0.3) is 5.91 Å². The van der Waals surface area contributed by atoms with Gasteiger partial charge in [-0.2, -0.15) is 0 Å². The highest BCUT2D eigenvalue weighted by molar-refractivity contribution is 7.91. The van der Waals surface area contributed by atoms with Crippen molar-refractivity contribution < 1.29 is 32.3 Å². The molecule has 0 unspecified atom stereocenters. The van der Waals surface area contributed by atoms with Crippen LogP contribution in [0.15, 0.2) is 36.4 Å². The maximum atomic E-state index is 13.9. The summed E-state index contributed by atoms with van der Waals surface area (Å²) in [5, 5.41) is 5.58. The van der Waals surface area contributed by atoms with Gasteiger partial charge in [-0.1, -0.05) is 18.2 Å². The molecular formula is C31H43N5O7S. The van der Waals surface area contributed by atoms with E-state index in [0.29, 0.717) is 25.1 Å². The third-order valence-corrected chi connectivity index (χ3v) is 11.7. The number of benzene rings is 1. The lowest BCUT2D eigenvalue weighted by Crippen LogP contribution is -2.55. The molecule has 0 spiro atoms. The number of anilines is 2. The monoisotopic (exact) mass is 629 g/mol. The number of hydrogen-bond acceptors (Lipinski definition) is 8. The average molecular weight is 630 g/mol. The number of rotatable bonds is 6. The maximum Gasteiger partial charge on any atom is 0.411 e. The van der Waals surface area contributed by atoms with Crippen molar-refractivity contribution in [3.8, 4) is 0 Å². The Kier molecular flexibility index (Phi) is 8.71. The van der Waals surface area contributed by atoms with Crippen molar-refractivity contribution in [1.82, 2.24) is 14.9 Å². The number of sulfonamides is 1. The van der Waals surface area contributed by atoms with Crippen molar-refractivity contribution >= 4 is 45.2 Å². The first-order valence-corrected chi connectivity index (χ1v) is 16.8. The summed E-state index contributed by atoms with van der Waals surface area (Å²) in [5.41, 5.74) is 0.00831. The van der Waals surface area contributed by atoms with Crippen molar-refractivity contribution in [1.29, 1.82) is 0 Å². The number of carbonyl (C=O) groups is 4. The smallest absolute Gasteiger partial charge is 0.411 e. The van der Waals surface area contributed by atoms with Gasteiger partial charge in [0.15, 0.2) is 0 Å². The first-order chi connectivity index (χ1) is 20.7. The van der Waals surface area contributed by atoms with Gasteiger partial charge in [-0.05, 0) is 76.5 Å². The Bertz CT molecular complexity index is 1460. The molecule has 1 heterocycles. The van der Waals surface area contributed by atoms with E-state index in [-0.39, 0.29) is 31.1 Å². The highest BCUT2D eigenvalue weighted by Gasteiger charge is 2.63. The number of fused-ring (bicyclic) bond motifs is 2. The zero-order valence-electron chi connectivity index (χ0n) is 25.8. The maximum absolute atomic E-state index is 13.9. The summed E-state index contributed by atoms with van der Waals surface area (Å²) in [6, 6.07) is 7.25. The van der Waals surface area contributed by atoms with Crippen LogP contribution < -0.4 is 20.3 Å². The molecule has 3 fully saturated rings.